The SMILES string of the molecule is CC(C)CCN1C(=O)c2ccc(C(=O)N(C)CC(=O)Nc3ccccc3Br)cc2C1=O. The van der Waals surface area contributed by atoms with Crippen molar-refractivity contribution in [1.29, 1.82) is 0 Å². The van der Waals surface area contributed by atoms with Crippen LogP contribution in [0, 0.1) is 5.92 Å². The zero-order valence-electron chi connectivity index (χ0n) is 17.6. The Balaban J connectivity index is 1.69. The highest BCUT2D eigenvalue weighted by molar-refractivity contribution is 9.10. The number of hydrogen-bond donors (Lipinski definition) is 1. The van der Waals surface area contributed by atoms with Crippen molar-refractivity contribution >= 4 is 45.2 Å². The van der Waals surface area contributed by atoms with Gasteiger partial charge in [0.25, 0.3) is 17.7 Å². The van der Waals surface area contributed by atoms with Crippen LogP contribution in [0.1, 0.15) is 51.3 Å². The second-order valence-electron chi connectivity index (χ2n) is 7.89. The Morgan fingerprint density at radius 2 is 1.74 bits per heavy atom. The van der Waals surface area contributed by atoms with Gasteiger partial charge in [-0.15, -0.1) is 0 Å². The van der Waals surface area contributed by atoms with E-state index in [1.165, 1.54) is 35.0 Å². The number of rotatable bonds is 7. The summed E-state index contributed by atoms with van der Waals surface area (Å²) in [7, 11) is 1.51. The first-order valence-electron chi connectivity index (χ1n) is 9.99. The summed E-state index contributed by atoms with van der Waals surface area (Å²) in [4.78, 5) is 52.9. The number of para-hydroxylation sites is 1. The van der Waals surface area contributed by atoms with Crippen molar-refractivity contribution < 1.29 is 19.2 Å². The summed E-state index contributed by atoms with van der Waals surface area (Å²) in [5.41, 5.74) is 1.39. The smallest absolute Gasteiger partial charge is 0.261 e. The molecule has 0 spiro atoms. The fourth-order valence-corrected chi connectivity index (χ4v) is 3.66. The lowest BCUT2D eigenvalue weighted by molar-refractivity contribution is -0.116. The van der Waals surface area contributed by atoms with Gasteiger partial charge in [0, 0.05) is 23.6 Å². The minimum Gasteiger partial charge on any atom is -0.332 e. The Bertz CT molecular complexity index is 1050. The number of anilines is 1. The first-order valence-corrected chi connectivity index (χ1v) is 10.8. The highest BCUT2D eigenvalue weighted by atomic mass is 79.9. The third-order valence-corrected chi connectivity index (χ3v) is 5.71. The lowest BCUT2D eigenvalue weighted by Crippen LogP contribution is -2.35. The molecule has 0 saturated carbocycles. The number of amides is 4. The van der Waals surface area contributed by atoms with Crippen LogP contribution >= 0.6 is 15.9 Å². The van der Waals surface area contributed by atoms with Crippen molar-refractivity contribution in [1.82, 2.24) is 9.80 Å². The maximum absolute atomic E-state index is 12.8. The highest BCUT2D eigenvalue weighted by Gasteiger charge is 2.36. The normalized spacial score (nSPS) is 12.9. The molecule has 1 N–H and O–H groups in total. The number of likely N-dealkylation sites (N-methyl/N-ethyl adjacent to an activating group) is 1. The van der Waals surface area contributed by atoms with Crippen LogP contribution < -0.4 is 5.32 Å². The van der Waals surface area contributed by atoms with Gasteiger partial charge in [-0.1, -0.05) is 26.0 Å². The highest BCUT2D eigenvalue weighted by Crippen LogP contribution is 2.25. The summed E-state index contributed by atoms with van der Waals surface area (Å²) in [6.07, 6.45) is 0.715. The molecule has 3 rings (SSSR count). The Kier molecular flexibility index (Phi) is 6.90. The van der Waals surface area contributed by atoms with E-state index in [1.807, 2.05) is 19.9 Å². The topological polar surface area (TPSA) is 86.8 Å². The number of nitrogens with one attached hydrogen (secondary N) is 1. The van der Waals surface area contributed by atoms with Crippen LogP contribution in [-0.2, 0) is 4.79 Å². The number of carbonyl (C=O) groups excluding carboxylic acids is 4. The van der Waals surface area contributed by atoms with E-state index < -0.39 is 5.91 Å². The number of fused-ring (bicyclic) bond motifs is 1. The molecule has 2 aromatic rings. The van der Waals surface area contributed by atoms with Crippen molar-refractivity contribution in [2.75, 3.05) is 25.5 Å². The predicted octanol–water partition coefficient (Wildman–Crippen LogP) is 3.80. The zero-order chi connectivity index (χ0) is 22.7. The molecule has 1 aliphatic rings. The number of halogens is 1. The van der Waals surface area contributed by atoms with Crippen LogP contribution in [0.3, 0.4) is 0 Å². The van der Waals surface area contributed by atoms with Crippen LogP contribution in [0.5, 0.6) is 0 Å². The third-order valence-electron chi connectivity index (χ3n) is 5.02. The molecule has 0 fully saturated rings. The van der Waals surface area contributed by atoms with E-state index in [4.69, 9.17) is 0 Å². The van der Waals surface area contributed by atoms with Gasteiger partial charge in [0.2, 0.25) is 5.91 Å². The lowest BCUT2D eigenvalue weighted by Gasteiger charge is -2.17. The quantitative estimate of drug-likeness (QED) is 0.604. The van der Waals surface area contributed by atoms with Crippen molar-refractivity contribution in [3.8, 4) is 0 Å². The summed E-state index contributed by atoms with van der Waals surface area (Å²) < 4.78 is 0.737. The average Bonchev–Trinajstić information content (AvgIpc) is 2.97. The second-order valence-corrected chi connectivity index (χ2v) is 8.75. The zero-order valence-corrected chi connectivity index (χ0v) is 19.2. The molecule has 162 valence electrons. The predicted molar refractivity (Wildman–Crippen MR) is 121 cm³/mol. The molecule has 2 aromatic carbocycles. The first kappa shape index (κ1) is 22.7. The molecule has 31 heavy (non-hydrogen) atoms. The maximum Gasteiger partial charge on any atom is 0.261 e. The second kappa shape index (κ2) is 9.43. The van der Waals surface area contributed by atoms with Gasteiger partial charge in [-0.2, -0.15) is 0 Å². The van der Waals surface area contributed by atoms with E-state index in [9.17, 15) is 19.2 Å². The molecule has 8 heteroatoms. The summed E-state index contributed by atoms with van der Waals surface area (Å²) in [5, 5.41) is 2.75. The maximum atomic E-state index is 12.8. The standard InChI is InChI=1S/C23H24BrN3O4/c1-14(2)10-11-27-22(30)16-9-8-15(12-17(16)23(27)31)21(29)26(3)13-20(28)25-19-7-5-4-6-18(19)24/h4-9,12,14H,10-11,13H2,1-3H3,(H,25,28). The van der Waals surface area contributed by atoms with Gasteiger partial charge < -0.3 is 10.2 Å². The number of imide groups is 1. The fourth-order valence-electron chi connectivity index (χ4n) is 3.27. The van der Waals surface area contributed by atoms with Crippen LogP contribution in [0.25, 0.3) is 0 Å². The number of benzene rings is 2. The third kappa shape index (κ3) is 5.02. The molecule has 0 aliphatic carbocycles. The van der Waals surface area contributed by atoms with Gasteiger partial charge in [-0.25, -0.2) is 0 Å². The van der Waals surface area contributed by atoms with Gasteiger partial charge >= 0.3 is 0 Å². The Labute approximate surface area is 189 Å². The number of nitrogens with zero attached hydrogens (tertiary/aromatic N) is 2. The molecule has 0 saturated heterocycles. The summed E-state index contributed by atoms with van der Waals surface area (Å²) in [6.45, 7) is 4.24. The molecule has 0 atom stereocenters. The minimum absolute atomic E-state index is 0.162. The molecule has 4 amide bonds. The summed E-state index contributed by atoms with van der Waals surface area (Å²) in [6, 6.07) is 11.6. The van der Waals surface area contributed by atoms with E-state index in [2.05, 4.69) is 21.2 Å². The van der Waals surface area contributed by atoms with E-state index in [0.717, 1.165) is 4.47 Å². The van der Waals surface area contributed by atoms with E-state index >= 15 is 0 Å². The summed E-state index contributed by atoms with van der Waals surface area (Å²) >= 11 is 3.36. The van der Waals surface area contributed by atoms with Gasteiger partial charge in [0.1, 0.15) is 0 Å². The molecular weight excluding hydrogens is 462 g/mol. The Morgan fingerprint density at radius 3 is 2.42 bits per heavy atom. The molecule has 1 aliphatic heterocycles. The molecule has 0 radical (unpaired) electrons. The number of carbonyl (C=O) groups is 4. The first-order chi connectivity index (χ1) is 14.7. The monoisotopic (exact) mass is 485 g/mol. The van der Waals surface area contributed by atoms with Crippen molar-refractivity contribution in [2.24, 2.45) is 5.92 Å². The molecule has 0 unspecified atom stereocenters. The lowest BCUT2D eigenvalue weighted by atomic mass is 10.0. The van der Waals surface area contributed by atoms with Crippen molar-refractivity contribution in [2.45, 2.75) is 20.3 Å². The largest absolute Gasteiger partial charge is 0.332 e. The van der Waals surface area contributed by atoms with Gasteiger partial charge in [-0.05, 0) is 58.6 Å². The van der Waals surface area contributed by atoms with Gasteiger partial charge in [-0.3, -0.25) is 24.1 Å². The van der Waals surface area contributed by atoms with E-state index in [1.54, 1.807) is 18.2 Å². The molecule has 0 bridgehead atoms. The van der Waals surface area contributed by atoms with Gasteiger partial charge in [0.15, 0.2) is 0 Å². The van der Waals surface area contributed by atoms with Crippen LogP contribution in [0.4, 0.5) is 5.69 Å². The van der Waals surface area contributed by atoms with Crippen molar-refractivity contribution in [3.05, 3.63) is 63.6 Å². The Morgan fingerprint density at radius 1 is 1.06 bits per heavy atom. The molecule has 1 heterocycles. The molecule has 7 nitrogen and oxygen atoms in total. The van der Waals surface area contributed by atoms with Crippen LogP contribution in [0.15, 0.2) is 46.9 Å². The fraction of sp³-hybridized carbons (Fsp3) is 0.304. The van der Waals surface area contributed by atoms with Crippen LogP contribution in [-0.4, -0.2) is 53.6 Å². The minimum atomic E-state index is -0.411. The average molecular weight is 486 g/mol. The number of hydrogen-bond acceptors (Lipinski definition) is 4. The van der Waals surface area contributed by atoms with E-state index in [0.29, 0.717) is 30.1 Å². The van der Waals surface area contributed by atoms with Crippen LogP contribution in [0.2, 0.25) is 0 Å². The van der Waals surface area contributed by atoms with Crippen molar-refractivity contribution in [3.63, 3.8) is 0 Å². The summed E-state index contributed by atoms with van der Waals surface area (Å²) in [5.74, 6) is -1.12. The molecular formula is C23H24BrN3O4. The van der Waals surface area contributed by atoms with Gasteiger partial charge in [0.05, 0.1) is 23.4 Å². The Hall–Kier alpha value is -3.00. The van der Waals surface area contributed by atoms with E-state index in [-0.39, 0.29) is 35.4 Å². The molecule has 0 aromatic heterocycles.